The molecule has 2 aromatic heterocycles. The van der Waals surface area contributed by atoms with Gasteiger partial charge >= 0.3 is 0 Å². The third kappa shape index (κ3) is 3.10. The van der Waals surface area contributed by atoms with E-state index in [0.717, 1.165) is 11.9 Å². The van der Waals surface area contributed by atoms with Gasteiger partial charge in [0, 0.05) is 24.9 Å². The number of aromatic nitrogens is 4. The van der Waals surface area contributed by atoms with Crippen molar-refractivity contribution in [2.75, 3.05) is 49.9 Å². The fourth-order valence-electron chi connectivity index (χ4n) is 5.12. The van der Waals surface area contributed by atoms with E-state index in [1.54, 1.807) is 23.7 Å². The highest BCUT2D eigenvalue weighted by molar-refractivity contribution is 7.91. The van der Waals surface area contributed by atoms with Crippen LogP contribution in [0.2, 0.25) is 5.02 Å². The molecule has 6 rings (SSSR count). The van der Waals surface area contributed by atoms with E-state index in [-0.39, 0.29) is 6.04 Å². The molecular weight excluding hydrogens is 480 g/mol. The molecule has 3 aromatic rings. The Kier molecular flexibility index (Phi) is 4.95. The summed E-state index contributed by atoms with van der Waals surface area (Å²) >= 11 is 6.20. The summed E-state index contributed by atoms with van der Waals surface area (Å²) < 4.78 is 38.7. The number of hydrogen-bond acceptors (Lipinski definition) is 9. The van der Waals surface area contributed by atoms with E-state index < -0.39 is 14.6 Å². The first-order chi connectivity index (χ1) is 16.3. The summed E-state index contributed by atoms with van der Waals surface area (Å²) in [6.07, 6.45) is 3.11. The van der Waals surface area contributed by atoms with Crippen LogP contribution in [0.1, 0.15) is 25.0 Å². The molecule has 0 unspecified atom stereocenters. The summed E-state index contributed by atoms with van der Waals surface area (Å²) in [5, 5.41) is 3.67. The Morgan fingerprint density at radius 3 is 2.74 bits per heavy atom. The number of nitrogens with zero attached hydrogens (tertiary/aromatic N) is 5. The summed E-state index contributed by atoms with van der Waals surface area (Å²) in [6, 6.07) is 5.43. The van der Waals surface area contributed by atoms with Crippen LogP contribution in [-0.2, 0) is 19.3 Å². The average molecular weight is 505 g/mol. The molecule has 12 heteroatoms. The number of hydrogen-bond donors (Lipinski definition) is 1. The lowest BCUT2D eigenvalue weighted by Gasteiger charge is -2.44. The Labute approximate surface area is 202 Å². The summed E-state index contributed by atoms with van der Waals surface area (Å²) in [5.41, 5.74) is 1.88. The molecule has 180 valence electrons. The highest BCUT2D eigenvalue weighted by Gasteiger charge is 2.53. The lowest BCUT2D eigenvalue weighted by Crippen LogP contribution is -2.52. The minimum Gasteiger partial charge on any atom is -0.486 e. The number of morpholine rings is 1. The maximum Gasteiger partial charge on any atom is 0.239 e. The summed E-state index contributed by atoms with van der Waals surface area (Å²) in [7, 11) is -1.70. The average Bonchev–Trinajstić information content (AvgIpc) is 3.14. The van der Waals surface area contributed by atoms with Crippen molar-refractivity contribution < 1.29 is 17.9 Å². The standard InChI is InChI=1S/C22H25ClN6O4S/c1-24-20-25-15-10-13(23)4-5-16(15)29(20)21-26-18(22(6-3-7-22)34(2,30)31)17-19(27-21)28-8-9-32-11-14(28)12-33-17/h4-5,10,14H,3,6-9,11-12H2,1-2H3,(H,24,25)/t14-/m0/s1. The fraction of sp³-hybridized carbons (Fsp3) is 0.500. The molecule has 1 N–H and O–H groups in total. The molecule has 1 aromatic carbocycles. The minimum atomic E-state index is -3.46. The van der Waals surface area contributed by atoms with Gasteiger partial charge in [-0.1, -0.05) is 11.6 Å². The zero-order chi connectivity index (χ0) is 23.7. The van der Waals surface area contributed by atoms with Crippen molar-refractivity contribution in [3.63, 3.8) is 0 Å². The molecule has 0 bridgehead atoms. The van der Waals surface area contributed by atoms with E-state index in [2.05, 4.69) is 15.2 Å². The molecule has 10 nitrogen and oxygen atoms in total. The van der Waals surface area contributed by atoms with Gasteiger partial charge in [0.1, 0.15) is 17.0 Å². The second kappa shape index (κ2) is 7.69. The van der Waals surface area contributed by atoms with E-state index in [1.165, 1.54) is 6.26 Å². The molecular formula is C22H25ClN6O4S. The van der Waals surface area contributed by atoms with Crippen LogP contribution in [0.15, 0.2) is 18.2 Å². The maximum atomic E-state index is 13.1. The monoisotopic (exact) mass is 504 g/mol. The van der Waals surface area contributed by atoms with Crippen molar-refractivity contribution in [3.8, 4) is 11.7 Å². The van der Waals surface area contributed by atoms with Crippen molar-refractivity contribution in [3.05, 3.63) is 28.9 Å². The fourth-order valence-corrected chi connectivity index (χ4v) is 6.81. The number of imidazole rings is 1. The van der Waals surface area contributed by atoms with Gasteiger partial charge in [-0.15, -0.1) is 0 Å². The molecule has 0 spiro atoms. The summed E-state index contributed by atoms with van der Waals surface area (Å²) in [4.78, 5) is 16.6. The van der Waals surface area contributed by atoms with Crippen molar-refractivity contribution in [1.82, 2.24) is 19.5 Å². The van der Waals surface area contributed by atoms with Crippen LogP contribution >= 0.6 is 11.6 Å². The van der Waals surface area contributed by atoms with Crippen LogP contribution in [0.3, 0.4) is 0 Å². The topological polar surface area (TPSA) is 111 Å². The predicted molar refractivity (Wildman–Crippen MR) is 129 cm³/mol. The van der Waals surface area contributed by atoms with Gasteiger partial charge in [-0.25, -0.2) is 23.0 Å². The third-order valence-electron chi connectivity index (χ3n) is 7.10. The van der Waals surface area contributed by atoms with E-state index in [4.69, 9.17) is 31.0 Å². The number of anilines is 2. The quantitative estimate of drug-likeness (QED) is 0.572. The molecule has 1 atom stereocenters. The first-order valence-corrected chi connectivity index (χ1v) is 13.5. The van der Waals surface area contributed by atoms with E-state index >= 15 is 0 Å². The lowest BCUT2D eigenvalue weighted by atomic mass is 9.81. The number of halogens is 1. The third-order valence-corrected chi connectivity index (χ3v) is 9.35. The second-order valence-corrected chi connectivity index (χ2v) is 11.8. The first-order valence-electron chi connectivity index (χ1n) is 11.3. The number of rotatable bonds is 4. The summed E-state index contributed by atoms with van der Waals surface area (Å²) in [5.74, 6) is 1.94. The largest absolute Gasteiger partial charge is 0.486 e. The van der Waals surface area contributed by atoms with Gasteiger partial charge < -0.3 is 19.7 Å². The Balaban J connectivity index is 1.65. The van der Waals surface area contributed by atoms with Crippen molar-refractivity contribution >= 4 is 44.2 Å². The number of sulfone groups is 1. The van der Waals surface area contributed by atoms with Gasteiger partial charge in [0.2, 0.25) is 11.9 Å². The minimum absolute atomic E-state index is 0.00883. The van der Waals surface area contributed by atoms with Crippen molar-refractivity contribution in [1.29, 1.82) is 0 Å². The van der Waals surface area contributed by atoms with Crippen LogP contribution in [-0.4, -0.2) is 73.6 Å². The predicted octanol–water partition coefficient (Wildman–Crippen LogP) is 2.53. The maximum absolute atomic E-state index is 13.1. The van der Waals surface area contributed by atoms with E-state index in [1.807, 2.05) is 6.07 Å². The van der Waals surface area contributed by atoms with Gasteiger partial charge in [-0.3, -0.25) is 0 Å². The Hall–Kier alpha value is -2.63. The molecule has 4 heterocycles. The van der Waals surface area contributed by atoms with Crippen LogP contribution < -0.4 is 15.0 Å². The van der Waals surface area contributed by atoms with Gasteiger partial charge in [0.25, 0.3) is 0 Å². The number of ether oxygens (including phenoxy) is 2. The van der Waals surface area contributed by atoms with E-state index in [0.29, 0.717) is 78.9 Å². The molecule has 2 fully saturated rings. The molecule has 0 radical (unpaired) electrons. The number of benzene rings is 1. The summed E-state index contributed by atoms with van der Waals surface area (Å²) in [6.45, 7) is 2.13. The SMILES string of the molecule is CNc1nc2cc(Cl)ccc2n1-c1nc2c(c(C3(S(C)(=O)=O)CCC3)n1)OC[C@@H]1COCCN21. The number of fused-ring (bicyclic) bond motifs is 4. The zero-order valence-corrected chi connectivity index (χ0v) is 20.5. The Bertz CT molecular complexity index is 1400. The molecule has 34 heavy (non-hydrogen) atoms. The molecule has 1 saturated carbocycles. The van der Waals surface area contributed by atoms with Gasteiger partial charge in [-0.05, 0) is 37.5 Å². The van der Waals surface area contributed by atoms with E-state index in [9.17, 15) is 8.42 Å². The molecule has 3 aliphatic rings. The van der Waals surface area contributed by atoms with Crippen LogP contribution in [0.25, 0.3) is 17.0 Å². The number of nitrogens with one attached hydrogen (secondary N) is 1. The van der Waals surface area contributed by atoms with Crippen molar-refractivity contribution in [2.24, 2.45) is 0 Å². The Morgan fingerprint density at radius 2 is 2.03 bits per heavy atom. The van der Waals surface area contributed by atoms with Crippen LogP contribution in [0, 0.1) is 0 Å². The molecule has 1 saturated heterocycles. The van der Waals surface area contributed by atoms with Gasteiger partial charge in [0.15, 0.2) is 21.4 Å². The van der Waals surface area contributed by atoms with Crippen LogP contribution in [0.5, 0.6) is 5.75 Å². The van der Waals surface area contributed by atoms with Crippen LogP contribution in [0.4, 0.5) is 11.8 Å². The molecule has 1 aliphatic carbocycles. The second-order valence-electron chi connectivity index (χ2n) is 9.03. The zero-order valence-electron chi connectivity index (χ0n) is 18.9. The van der Waals surface area contributed by atoms with Crippen molar-refractivity contribution in [2.45, 2.75) is 30.1 Å². The normalized spacial score (nSPS) is 21.4. The lowest BCUT2D eigenvalue weighted by molar-refractivity contribution is 0.0687. The molecule has 2 aliphatic heterocycles. The Morgan fingerprint density at radius 1 is 1.21 bits per heavy atom. The first kappa shape index (κ1) is 21.9. The van der Waals surface area contributed by atoms with Gasteiger partial charge in [0.05, 0.1) is 30.3 Å². The van der Waals surface area contributed by atoms with Gasteiger partial charge in [-0.2, -0.15) is 4.98 Å². The highest BCUT2D eigenvalue weighted by atomic mass is 35.5. The molecule has 0 amide bonds. The highest BCUT2D eigenvalue weighted by Crippen LogP contribution is 2.52. The smallest absolute Gasteiger partial charge is 0.239 e.